The number of hydrogen-bond acceptors (Lipinski definition) is 5. The van der Waals surface area contributed by atoms with Crippen LogP contribution in [0.4, 0.5) is 0 Å². The van der Waals surface area contributed by atoms with Crippen LogP contribution in [-0.2, 0) is 0 Å². The molecule has 0 spiro atoms. The number of hydrogen-bond donors (Lipinski definition) is 2. The number of aryl methyl sites for hydroxylation is 2. The number of amidine groups is 1. The lowest BCUT2D eigenvalue weighted by Gasteiger charge is -2.32. The van der Waals surface area contributed by atoms with Crippen LogP contribution in [0.5, 0.6) is 0 Å². The van der Waals surface area contributed by atoms with Crippen LogP contribution < -0.4 is 10.6 Å². The first kappa shape index (κ1) is 27.9. The van der Waals surface area contributed by atoms with Gasteiger partial charge in [-0.2, -0.15) is 0 Å². The maximum absolute atomic E-state index is 5.26. The Morgan fingerprint density at radius 1 is 0.500 bits per heavy atom. The molecule has 7 aromatic rings. The second kappa shape index (κ2) is 11.7. The number of fused-ring (bicyclic) bond motifs is 2. The van der Waals surface area contributed by atoms with E-state index in [9.17, 15) is 0 Å². The van der Waals surface area contributed by atoms with E-state index in [1.54, 1.807) is 0 Å². The number of nitrogens with one attached hydrogen (secondary N) is 2. The molecule has 0 amide bonds. The van der Waals surface area contributed by atoms with E-state index in [0.29, 0.717) is 0 Å². The molecule has 0 aliphatic carbocycles. The summed E-state index contributed by atoms with van der Waals surface area (Å²) in [6.45, 7) is 4.16. The number of benzene rings is 5. The van der Waals surface area contributed by atoms with Crippen LogP contribution in [0.1, 0.15) is 40.4 Å². The second-order valence-electron chi connectivity index (χ2n) is 11.9. The molecule has 1 aliphatic rings. The van der Waals surface area contributed by atoms with Gasteiger partial charge in [-0.3, -0.25) is 15.3 Å². The number of aliphatic imine (C=N–C) groups is 1. The van der Waals surface area contributed by atoms with Crippen molar-refractivity contribution in [2.24, 2.45) is 4.99 Å². The first-order chi connectivity index (χ1) is 22.6. The molecule has 46 heavy (non-hydrogen) atoms. The average molecular weight is 596 g/mol. The van der Waals surface area contributed by atoms with E-state index in [-0.39, 0.29) is 12.3 Å². The van der Waals surface area contributed by atoms with Gasteiger partial charge in [0.15, 0.2) is 0 Å². The zero-order chi connectivity index (χ0) is 31.0. The molecule has 5 nitrogen and oxygen atoms in total. The van der Waals surface area contributed by atoms with E-state index in [1.807, 2.05) is 12.1 Å². The predicted octanol–water partition coefficient (Wildman–Crippen LogP) is 9.07. The maximum atomic E-state index is 5.26. The maximum Gasteiger partial charge on any atom is 0.131 e. The highest BCUT2D eigenvalue weighted by Crippen LogP contribution is 2.33. The van der Waals surface area contributed by atoms with Crippen molar-refractivity contribution in [3.8, 4) is 22.5 Å². The van der Waals surface area contributed by atoms with Gasteiger partial charge in [-0.05, 0) is 66.1 Å². The fraction of sp³-hybridized carbons (Fsp3) is 0.0976. The molecule has 1 aliphatic heterocycles. The van der Waals surface area contributed by atoms with Crippen molar-refractivity contribution in [1.82, 2.24) is 20.6 Å². The molecule has 0 saturated carbocycles. The molecule has 2 unspecified atom stereocenters. The fourth-order valence-electron chi connectivity index (χ4n) is 6.43. The molecule has 0 fully saturated rings. The first-order valence-electron chi connectivity index (χ1n) is 15.7. The Hall–Kier alpha value is -5.65. The van der Waals surface area contributed by atoms with Gasteiger partial charge < -0.3 is 5.32 Å². The third-order valence-corrected chi connectivity index (χ3v) is 8.77. The highest BCUT2D eigenvalue weighted by Gasteiger charge is 2.26. The Labute approximate surface area is 268 Å². The van der Waals surface area contributed by atoms with Crippen LogP contribution in [0.15, 0.2) is 145 Å². The van der Waals surface area contributed by atoms with Gasteiger partial charge in [0.2, 0.25) is 0 Å². The summed E-state index contributed by atoms with van der Waals surface area (Å²) < 4.78 is 0. The number of aromatic nitrogens is 2. The largest absolute Gasteiger partial charge is 0.350 e. The second-order valence-corrected chi connectivity index (χ2v) is 11.9. The van der Waals surface area contributed by atoms with E-state index in [2.05, 4.69) is 152 Å². The van der Waals surface area contributed by atoms with E-state index < -0.39 is 0 Å². The Balaban J connectivity index is 1.33. The lowest BCUT2D eigenvalue weighted by molar-refractivity contribution is 0.409. The third-order valence-electron chi connectivity index (χ3n) is 8.77. The van der Waals surface area contributed by atoms with Crippen LogP contribution in [0.2, 0.25) is 0 Å². The first-order valence-corrected chi connectivity index (χ1v) is 15.7. The van der Waals surface area contributed by atoms with Crippen molar-refractivity contribution < 1.29 is 0 Å². The van der Waals surface area contributed by atoms with Crippen LogP contribution >= 0.6 is 0 Å². The molecule has 5 heteroatoms. The molecule has 2 N–H and O–H groups in total. The van der Waals surface area contributed by atoms with E-state index in [1.165, 1.54) is 10.8 Å². The van der Waals surface area contributed by atoms with Gasteiger partial charge in [0.05, 0.1) is 11.4 Å². The minimum atomic E-state index is -0.225. The summed E-state index contributed by atoms with van der Waals surface area (Å²) >= 11 is 0. The Bertz CT molecular complexity index is 2140. The monoisotopic (exact) mass is 595 g/mol. The molecular weight excluding hydrogens is 562 g/mol. The third kappa shape index (κ3) is 5.31. The van der Waals surface area contributed by atoms with Gasteiger partial charge in [-0.15, -0.1) is 0 Å². The lowest BCUT2D eigenvalue weighted by Crippen LogP contribution is -2.45. The zero-order valence-corrected chi connectivity index (χ0v) is 25.8. The summed E-state index contributed by atoms with van der Waals surface area (Å²) in [5.74, 6) is 0.819. The Kier molecular flexibility index (Phi) is 7.08. The standard InChI is InChI=1S/C41H33N5/c1-26-35-19-11-9-17-30(35)24-37(42-26)32-21-33(38-25-31-18-10-12-20-36(31)27(2)43-38)23-34(22-32)41-45-39(28-13-5-3-6-14-28)44-40(46-41)29-15-7-4-8-16-29/h3-25,39-40,44H,1-2H3,(H,45,46). The lowest BCUT2D eigenvalue weighted by atomic mass is 9.97. The summed E-state index contributed by atoms with van der Waals surface area (Å²) in [5.41, 5.74) is 9.13. The highest BCUT2D eigenvalue weighted by molar-refractivity contribution is 6.02. The van der Waals surface area contributed by atoms with Gasteiger partial charge in [0.1, 0.15) is 18.2 Å². The van der Waals surface area contributed by atoms with Crippen molar-refractivity contribution >= 4 is 27.4 Å². The van der Waals surface area contributed by atoms with Crippen molar-refractivity contribution in [3.05, 3.63) is 168 Å². The quantitative estimate of drug-likeness (QED) is 0.208. The molecule has 3 heterocycles. The smallest absolute Gasteiger partial charge is 0.131 e. The zero-order valence-electron chi connectivity index (χ0n) is 25.8. The van der Waals surface area contributed by atoms with Crippen molar-refractivity contribution in [3.63, 3.8) is 0 Å². The summed E-state index contributed by atoms with van der Waals surface area (Å²) in [4.78, 5) is 15.4. The Morgan fingerprint density at radius 2 is 0.978 bits per heavy atom. The summed E-state index contributed by atoms with van der Waals surface area (Å²) in [5, 5.41) is 12.1. The Morgan fingerprint density at radius 3 is 1.54 bits per heavy atom. The molecule has 8 rings (SSSR count). The molecular formula is C41H33N5. The predicted molar refractivity (Wildman–Crippen MR) is 189 cm³/mol. The van der Waals surface area contributed by atoms with E-state index >= 15 is 0 Å². The number of nitrogens with zero attached hydrogens (tertiary/aromatic N) is 3. The van der Waals surface area contributed by atoms with Crippen molar-refractivity contribution in [2.75, 3.05) is 0 Å². The van der Waals surface area contributed by atoms with Gasteiger partial charge in [0.25, 0.3) is 0 Å². The number of rotatable bonds is 5. The highest BCUT2D eigenvalue weighted by atomic mass is 15.3. The van der Waals surface area contributed by atoms with Crippen LogP contribution in [0.25, 0.3) is 44.1 Å². The van der Waals surface area contributed by atoms with Gasteiger partial charge in [-0.25, -0.2) is 4.99 Å². The normalized spacial score (nSPS) is 16.3. The van der Waals surface area contributed by atoms with Crippen molar-refractivity contribution in [1.29, 1.82) is 0 Å². The number of pyridine rings is 2. The summed E-state index contributed by atoms with van der Waals surface area (Å²) in [6, 6.07) is 48.7. The van der Waals surface area contributed by atoms with Crippen molar-refractivity contribution in [2.45, 2.75) is 26.2 Å². The molecule has 2 atom stereocenters. The molecule has 222 valence electrons. The van der Waals surface area contributed by atoms with Crippen LogP contribution in [0, 0.1) is 13.8 Å². The summed E-state index contributed by atoms with van der Waals surface area (Å²) in [7, 11) is 0. The van der Waals surface area contributed by atoms with Crippen LogP contribution in [0.3, 0.4) is 0 Å². The van der Waals surface area contributed by atoms with Gasteiger partial charge in [-0.1, -0.05) is 109 Å². The topological polar surface area (TPSA) is 62.2 Å². The molecule has 0 bridgehead atoms. The van der Waals surface area contributed by atoms with E-state index in [0.717, 1.165) is 67.2 Å². The average Bonchev–Trinajstić information content (AvgIpc) is 3.12. The van der Waals surface area contributed by atoms with E-state index in [4.69, 9.17) is 15.0 Å². The molecule has 0 saturated heterocycles. The van der Waals surface area contributed by atoms with Gasteiger partial charge in [0, 0.05) is 38.9 Å². The molecule has 5 aromatic carbocycles. The van der Waals surface area contributed by atoms with Crippen LogP contribution in [-0.4, -0.2) is 15.8 Å². The molecule has 2 aromatic heterocycles. The minimum Gasteiger partial charge on any atom is -0.350 e. The minimum absolute atomic E-state index is 0.131. The SMILES string of the molecule is Cc1nc(-c2cc(C3=NC(c4ccccc4)NC(c4ccccc4)N3)cc(-c3cc4ccccc4c(C)n3)c2)cc2ccccc12. The van der Waals surface area contributed by atoms with Gasteiger partial charge >= 0.3 is 0 Å². The summed E-state index contributed by atoms with van der Waals surface area (Å²) in [6.07, 6.45) is -0.357. The fourth-order valence-corrected chi connectivity index (χ4v) is 6.43. The molecule has 0 radical (unpaired) electrons.